The highest BCUT2D eigenvalue weighted by Gasteiger charge is 2.30. The van der Waals surface area contributed by atoms with E-state index in [9.17, 15) is 8.42 Å². The zero-order valence-corrected chi connectivity index (χ0v) is 15.1. The van der Waals surface area contributed by atoms with Crippen molar-refractivity contribution in [3.63, 3.8) is 0 Å². The molecule has 1 aliphatic heterocycles. The predicted octanol–water partition coefficient (Wildman–Crippen LogP) is 2.55. The third-order valence-corrected chi connectivity index (χ3v) is 6.57. The number of aromatic nitrogens is 1. The summed E-state index contributed by atoms with van der Waals surface area (Å²) in [6.45, 7) is 5.03. The summed E-state index contributed by atoms with van der Waals surface area (Å²) in [6.07, 6.45) is 3.55. The van der Waals surface area contributed by atoms with Crippen molar-refractivity contribution in [2.75, 3.05) is 26.2 Å². The Morgan fingerprint density at radius 2 is 1.75 bits per heavy atom. The molecule has 7 heteroatoms. The number of rotatable bonds is 4. The van der Waals surface area contributed by atoms with E-state index in [1.807, 2.05) is 19.1 Å². The fourth-order valence-corrected chi connectivity index (χ4v) is 4.82. The van der Waals surface area contributed by atoms with E-state index >= 15 is 0 Å². The summed E-state index contributed by atoms with van der Waals surface area (Å²) in [4.78, 5) is 6.45. The summed E-state index contributed by atoms with van der Waals surface area (Å²) in [7, 11) is -3.54. The fourth-order valence-electron chi connectivity index (χ4n) is 2.83. The number of aryl methyl sites for hydroxylation is 1. The Morgan fingerprint density at radius 1 is 1.08 bits per heavy atom. The molecule has 128 valence electrons. The van der Waals surface area contributed by atoms with E-state index in [0.717, 1.165) is 12.1 Å². The maximum Gasteiger partial charge on any atom is 0.244 e. The number of benzene rings is 1. The zero-order valence-electron chi connectivity index (χ0n) is 13.5. The van der Waals surface area contributed by atoms with Crippen LogP contribution >= 0.6 is 11.6 Å². The number of piperazine rings is 1. The maximum absolute atomic E-state index is 12.8. The van der Waals surface area contributed by atoms with Gasteiger partial charge in [0.2, 0.25) is 10.0 Å². The molecular formula is C17H20ClN3O2S. The first-order valence-electron chi connectivity index (χ1n) is 7.84. The molecule has 0 spiro atoms. The highest BCUT2D eigenvalue weighted by Crippen LogP contribution is 2.26. The van der Waals surface area contributed by atoms with Gasteiger partial charge < -0.3 is 0 Å². The lowest BCUT2D eigenvalue weighted by molar-refractivity contribution is 0.181. The van der Waals surface area contributed by atoms with Crippen LogP contribution in [-0.2, 0) is 16.6 Å². The molecule has 2 heterocycles. The van der Waals surface area contributed by atoms with Crippen LogP contribution in [-0.4, -0.2) is 48.8 Å². The molecule has 2 aromatic rings. The lowest BCUT2D eigenvalue weighted by Gasteiger charge is -2.34. The van der Waals surface area contributed by atoms with Crippen LogP contribution in [0.4, 0.5) is 0 Å². The molecule has 0 amide bonds. The van der Waals surface area contributed by atoms with Crippen LogP contribution in [0.5, 0.6) is 0 Å². The first-order valence-corrected chi connectivity index (χ1v) is 9.66. The number of halogens is 1. The molecule has 3 rings (SSSR count). The minimum atomic E-state index is -3.54. The topological polar surface area (TPSA) is 53.5 Å². The van der Waals surface area contributed by atoms with Gasteiger partial charge in [-0.25, -0.2) is 8.42 Å². The van der Waals surface area contributed by atoms with Gasteiger partial charge >= 0.3 is 0 Å². The SMILES string of the molecule is Cc1ccc(S(=O)(=O)N2CCN(Cc3ccncc3)CC2)c(Cl)c1. The molecule has 0 bridgehead atoms. The van der Waals surface area contributed by atoms with Gasteiger partial charge in [0, 0.05) is 45.1 Å². The van der Waals surface area contributed by atoms with E-state index in [4.69, 9.17) is 11.6 Å². The molecular weight excluding hydrogens is 346 g/mol. The maximum atomic E-state index is 12.8. The summed E-state index contributed by atoms with van der Waals surface area (Å²) in [6, 6.07) is 9.02. The van der Waals surface area contributed by atoms with Gasteiger partial charge in [0.15, 0.2) is 0 Å². The zero-order chi connectivity index (χ0) is 17.2. The second kappa shape index (κ2) is 7.19. The van der Waals surface area contributed by atoms with Crippen molar-refractivity contribution in [2.24, 2.45) is 0 Å². The number of pyridine rings is 1. The smallest absolute Gasteiger partial charge is 0.244 e. The predicted molar refractivity (Wildman–Crippen MR) is 94.5 cm³/mol. The van der Waals surface area contributed by atoms with E-state index in [1.165, 1.54) is 9.87 Å². The van der Waals surface area contributed by atoms with Crippen LogP contribution in [0.2, 0.25) is 5.02 Å². The Kier molecular flexibility index (Phi) is 5.20. The van der Waals surface area contributed by atoms with Gasteiger partial charge in [0.05, 0.1) is 5.02 Å². The molecule has 0 unspecified atom stereocenters. The molecule has 5 nitrogen and oxygen atoms in total. The molecule has 1 saturated heterocycles. The van der Waals surface area contributed by atoms with Gasteiger partial charge in [0.1, 0.15) is 4.90 Å². The minimum Gasteiger partial charge on any atom is -0.296 e. The van der Waals surface area contributed by atoms with Gasteiger partial charge in [0.25, 0.3) is 0 Å². The Balaban J connectivity index is 1.67. The number of hydrogen-bond acceptors (Lipinski definition) is 4. The van der Waals surface area contributed by atoms with Gasteiger partial charge in [-0.2, -0.15) is 4.31 Å². The van der Waals surface area contributed by atoms with Crippen LogP contribution in [0, 0.1) is 6.92 Å². The Morgan fingerprint density at radius 3 is 2.38 bits per heavy atom. The first kappa shape index (κ1) is 17.4. The van der Waals surface area contributed by atoms with Crippen molar-refractivity contribution in [3.05, 3.63) is 58.9 Å². The quantitative estimate of drug-likeness (QED) is 0.835. The third-order valence-electron chi connectivity index (χ3n) is 4.19. The van der Waals surface area contributed by atoms with Crippen molar-refractivity contribution >= 4 is 21.6 Å². The fraction of sp³-hybridized carbons (Fsp3) is 0.353. The highest BCUT2D eigenvalue weighted by atomic mass is 35.5. The van der Waals surface area contributed by atoms with Gasteiger partial charge in [-0.1, -0.05) is 17.7 Å². The molecule has 1 aromatic carbocycles. The average Bonchev–Trinajstić information content (AvgIpc) is 2.56. The summed E-state index contributed by atoms with van der Waals surface area (Å²) in [5.41, 5.74) is 2.13. The van der Waals surface area contributed by atoms with Crippen molar-refractivity contribution < 1.29 is 8.42 Å². The largest absolute Gasteiger partial charge is 0.296 e. The Labute approximate surface area is 147 Å². The normalized spacial score (nSPS) is 17.1. The Hall–Kier alpha value is -1.47. The molecule has 1 aromatic heterocycles. The lowest BCUT2D eigenvalue weighted by Crippen LogP contribution is -2.48. The minimum absolute atomic E-state index is 0.192. The van der Waals surface area contributed by atoms with Gasteiger partial charge in [-0.05, 0) is 42.3 Å². The molecule has 0 N–H and O–H groups in total. The monoisotopic (exact) mass is 365 g/mol. The van der Waals surface area contributed by atoms with E-state index in [0.29, 0.717) is 26.2 Å². The van der Waals surface area contributed by atoms with Crippen molar-refractivity contribution in [2.45, 2.75) is 18.4 Å². The third kappa shape index (κ3) is 3.78. The van der Waals surface area contributed by atoms with Crippen LogP contribution in [0.25, 0.3) is 0 Å². The average molecular weight is 366 g/mol. The number of hydrogen-bond donors (Lipinski definition) is 0. The molecule has 1 aliphatic rings. The van der Waals surface area contributed by atoms with Crippen molar-refractivity contribution in [1.82, 2.24) is 14.2 Å². The summed E-state index contributed by atoms with van der Waals surface area (Å²) < 4.78 is 27.1. The van der Waals surface area contributed by atoms with Crippen LogP contribution < -0.4 is 0 Å². The Bertz CT molecular complexity index is 804. The van der Waals surface area contributed by atoms with Gasteiger partial charge in [-0.15, -0.1) is 0 Å². The second-order valence-corrected chi connectivity index (χ2v) is 8.28. The summed E-state index contributed by atoms with van der Waals surface area (Å²) in [5.74, 6) is 0. The summed E-state index contributed by atoms with van der Waals surface area (Å²) >= 11 is 6.15. The van der Waals surface area contributed by atoms with Crippen LogP contribution in [0.3, 0.4) is 0 Å². The van der Waals surface area contributed by atoms with Crippen molar-refractivity contribution in [3.8, 4) is 0 Å². The first-order chi connectivity index (χ1) is 11.5. The lowest BCUT2D eigenvalue weighted by atomic mass is 10.2. The highest BCUT2D eigenvalue weighted by molar-refractivity contribution is 7.89. The molecule has 0 atom stereocenters. The number of sulfonamides is 1. The molecule has 0 saturated carbocycles. The molecule has 0 radical (unpaired) electrons. The second-order valence-electron chi connectivity index (χ2n) is 5.97. The molecule has 0 aliphatic carbocycles. The van der Waals surface area contributed by atoms with E-state index in [1.54, 1.807) is 30.6 Å². The van der Waals surface area contributed by atoms with Crippen LogP contribution in [0.1, 0.15) is 11.1 Å². The van der Waals surface area contributed by atoms with E-state index in [2.05, 4.69) is 9.88 Å². The molecule has 24 heavy (non-hydrogen) atoms. The standard InChI is InChI=1S/C17H20ClN3O2S/c1-14-2-3-17(16(18)12-14)24(22,23)21-10-8-20(9-11-21)13-15-4-6-19-7-5-15/h2-7,12H,8-11,13H2,1H3. The van der Waals surface area contributed by atoms with Crippen LogP contribution in [0.15, 0.2) is 47.6 Å². The number of nitrogens with zero attached hydrogens (tertiary/aromatic N) is 3. The molecule has 1 fully saturated rings. The van der Waals surface area contributed by atoms with Gasteiger partial charge in [-0.3, -0.25) is 9.88 Å². The van der Waals surface area contributed by atoms with Crippen molar-refractivity contribution in [1.29, 1.82) is 0 Å². The summed E-state index contributed by atoms with van der Waals surface area (Å²) in [5, 5.41) is 0.286. The van der Waals surface area contributed by atoms with E-state index in [-0.39, 0.29) is 9.92 Å². The van der Waals surface area contributed by atoms with E-state index < -0.39 is 10.0 Å².